The van der Waals surface area contributed by atoms with Crippen LogP contribution in [0.15, 0.2) is 12.1 Å². The molecular weight excluding hydrogens is 185 g/mol. The maximum atomic E-state index is 5.75. The first-order valence-electron chi connectivity index (χ1n) is 2.93. The number of ether oxygens (including phenoxy) is 1. The predicted molar refractivity (Wildman–Crippen MR) is 47.4 cm³/mol. The molecule has 60 valence electrons. The van der Waals surface area contributed by atoms with Gasteiger partial charge in [-0.2, -0.15) is 0 Å². The first-order chi connectivity index (χ1) is 5.15. The van der Waals surface area contributed by atoms with Crippen molar-refractivity contribution in [2.75, 3.05) is 12.8 Å². The van der Waals surface area contributed by atoms with E-state index in [0.29, 0.717) is 21.5 Å². The Hall–Kier alpha value is -0.600. The number of methoxy groups -OCH3 is 1. The third-order valence-corrected chi connectivity index (χ3v) is 1.79. The van der Waals surface area contributed by atoms with Crippen molar-refractivity contribution in [2.45, 2.75) is 0 Å². The van der Waals surface area contributed by atoms with Gasteiger partial charge >= 0.3 is 0 Å². The lowest BCUT2D eigenvalue weighted by atomic mass is 10.3. The molecule has 0 fully saturated rings. The SMILES string of the molecule is COc1c(Cl)cc(N)cc1Cl. The molecule has 0 amide bonds. The van der Waals surface area contributed by atoms with Gasteiger partial charge in [0.1, 0.15) is 0 Å². The number of hydrogen-bond acceptors (Lipinski definition) is 2. The molecule has 2 nitrogen and oxygen atoms in total. The summed E-state index contributed by atoms with van der Waals surface area (Å²) in [5, 5.41) is 0.856. The first-order valence-corrected chi connectivity index (χ1v) is 3.69. The van der Waals surface area contributed by atoms with Crippen molar-refractivity contribution in [1.82, 2.24) is 0 Å². The fourth-order valence-corrected chi connectivity index (χ4v) is 1.43. The van der Waals surface area contributed by atoms with E-state index in [1.165, 1.54) is 7.11 Å². The maximum absolute atomic E-state index is 5.75. The van der Waals surface area contributed by atoms with Gasteiger partial charge < -0.3 is 10.5 Å². The standard InChI is InChI=1S/C7H7Cl2NO/c1-11-7-5(8)2-4(10)3-6(7)9/h2-3H,10H2,1H3. The van der Waals surface area contributed by atoms with Gasteiger partial charge in [0.05, 0.1) is 17.2 Å². The van der Waals surface area contributed by atoms with E-state index in [1.807, 2.05) is 0 Å². The Labute approximate surface area is 74.9 Å². The molecule has 1 rings (SSSR count). The van der Waals surface area contributed by atoms with Crippen LogP contribution in [-0.4, -0.2) is 7.11 Å². The van der Waals surface area contributed by atoms with Crippen LogP contribution in [-0.2, 0) is 0 Å². The molecule has 0 saturated carbocycles. The Morgan fingerprint density at radius 2 is 1.73 bits per heavy atom. The Kier molecular flexibility index (Phi) is 2.47. The van der Waals surface area contributed by atoms with E-state index in [4.69, 9.17) is 33.7 Å². The van der Waals surface area contributed by atoms with Crippen molar-refractivity contribution in [3.63, 3.8) is 0 Å². The quantitative estimate of drug-likeness (QED) is 0.694. The second-order valence-electron chi connectivity index (χ2n) is 2.02. The number of nitrogens with two attached hydrogens (primary N) is 1. The number of halogens is 2. The Morgan fingerprint density at radius 3 is 2.09 bits per heavy atom. The summed E-state index contributed by atoms with van der Waals surface area (Å²) < 4.78 is 4.91. The number of rotatable bonds is 1. The van der Waals surface area contributed by atoms with Crippen LogP contribution in [0.25, 0.3) is 0 Å². The van der Waals surface area contributed by atoms with Crippen molar-refractivity contribution < 1.29 is 4.74 Å². The molecule has 0 aliphatic carbocycles. The predicted octanol–water partition coefficient (Wildman–Crippen LogP) is 2.58. The summed E-state index contributed by atoms with van der Waals surface area (Å²) in [6.07, 6.45) is 0. The summed E-state index contributed by atoms with van der Waals surface area (Å²) in [6.45, 7) is 0. The van der Waals surface area contributed by atoms with Gasteiger partial charge in [0.25, 0.3) is 0 Å². The lowest BCUT2D eigenvalue weighted by molar-refractivity contribution is 0.415. The minimum atomic E-state index is 0.428. The largest absolute Gasteiger partial charge is 0.494 e. The highest BCUT2D eigenvalue weighted by atomic mass is 35.5. The minimum Gasteiger partial charge on any atom is -0.494 e. The van der Waals surface area contributed by atoms with Gasteiger partial charge in [-0.05, 0) is 12.1 Å². The molecule has 0 spiro atoms. The summed E-state index contributed by atoms with van der Waals surface area (Å²) in [6, 6.07) is 3.18. The van der Waals surface area contributed by atoms with Crippen LogP contribution in [0.1, 0.15) is 0 Å². The smallest absolute Gasteiger partial charge is 0.156 e. The molecule has 11 heavy (non-hydrogen) atoms. The van der Waals surface area contributed by atoms with Crippen LogP contribution in [0.4, 0.5) is 5.69 Å². The Balaban J connectivity index is 3.25. The normalized spacial score (nSPS) is 9.73. The molecule has 0 aromatic heterocycles. The third kappa shape index (κ3) is 1.70. The van der Waals surface area contributed by atoms with E-state index in [-0.39, 0.29) is 0 Å². The summed E-state index contributed by atoms with van der Waals surface area (Å²) in [7, 11) is 1.50. The first kappa shape index (κ1) is 8.50. The molecular formula is C7H7Cl2NO. The van der Waals surface area contributed by atoms with Crippen molar-refractivity contribution in [2.24, 2.45) is 0 Å². The molecule has 1 aromatic carbocycles. The highest BCUT2D eigenvalue weighted by Gasteiger charge is 2.05. The molecule has 0 unspecified atom stereocenters. The number of nitrogen functional groups attached to an aromatic ring is 1. The molecule has 2 N–H and O–H groups in total. The zero-order valence-corrected chi connectivity index (χ0v) is 7.41. The summed E-state index contributed by atoms with van der Waals surface area (Å²) in [5.74, 6) is 0.461. The lowest BCUT2D eigenvalue weighted by Gasteiger charge is -2.05. The molecule has 0 radical (unpaired) electrons. The van der Waals surface area contributed by atoms with Crippen LogP contribution in [0.3, 0.4) is 0 Å². The van der Waals surface area contributed by atoms with Crippen LogP contribution < -0.4 is 10.5 Å². The van der Waals surface area contributed by atoms with E-state index < -0.39 is 0 Å². The van der Waals surface area contributed by atoms with Crippen molar-refractivity contribution in [3.8, 4) is 5.75 Å². The van der Waals surface area contributed by atoms with E-state index in [0.717, 1.165) is 0 Å². The van der Waals surface area contributed by atoms with Crippen LogP contribution >= 0.6 is 23.2 Å². The second kappa shape index (κ2) is 3.20. The highest BCUT2D eigenvalue weighted by Crippen LogP contribution is 2.34. The minimum absolute atomic E-state index is 0.428. The van der Waals surface area contributed by atoms with Gasteiger partial charge in [-0.15, -0.1) is 0 Å². The maximum Gasteiger partial charge on any atom is 0.156 e. The van der Waals surface area contributed by atoms with Crippen LogP contribution in [0, 0.1) is 0 Å². The molecule has 0 aliphatic rings. The average molecular weight is 192 g/mol. The van der Waals surface area contributed by atoms with Gasteiger partial charge in [-0.3, -0.25) is 0 Å². The van der Waals surface area contributed by atoms with Gasteiger partial charge in [0.2, 0.25) is 0 Å². The second-order valence-corrected chi connectivity index (χ2v) is 2.83. The molecule has 0 atom stereocenters. The summed E-state index contributed by atoms with van der Waals surface area (Å²) in [5.41, 5.74) is 5.99. The molecule has 0 heterocycles. The molecule has 0 bridgehead atoms. The van der Waals surface area contributed by atoms with Gasteiger partial charge in [0, 0.05) is 5.69 Å². The third-order valence-electron chi connectivity index (χ3n) is 1.22. The molecule has 0 saturated heterocycles. The van der Waals surface area contributed by atoms with Crippen LogP contribution in [0.2, 0.25) is 10.0 Å². The monoisotopic (exact) mass is 191 g/mol. The highest BCUT2D eigenvalue weighted by molar-refractivity contribution is 6.37. The zero-order chi connectivity index (χ0) is 8.43. The zero-order valence-electron chi connectivity index (χ0n) is 5.90. The van der Waals surface area contributed by atoms with Crippen molar-refractivity contribution in [1.29, 1.82) is 0 Å². The summed E-state index contributed by atoms with van der Waals surface area (Å²) in [4.78, 5) is 0. The van der Waals surface area contributed by atoms with E-state index in [9.17, 15) is 0 Å². The average Bonchev–Trinajstić information content (AvgIpc) is 1.85. The van der Waals surface area contributed by atoms with E-state index in [1.54, 1.807) is 12.1 Å². The van der Waals surface area contributed by atoms with Crippen LogP contribution in [0.5, 0.6) is 5.75 Å². The molecule has 4 heteroatoms. The number of benzene rings is 1. The van der Waals surface area contributed by atoms with Crippen molar-refractivity contribution in [3.05, 3.63) is 22.2 Å². The number of anilines is 1. The Morgan fingerprint density at radius 1 is 1.27 bits per heavy atom. The van der Waals surface area contributed by atoms with Gasteiger partial charge in [0.15, 0.2) is 5.75 Å². The number of hydrogen-bond donors (Lipinski definition) is 1. The fraction of sp³-hybridized carbons (Fsp3) is 0.143. The summed E-state index contributed by atoms with van der Waals surface area (Å²) >= 11 is 11.5. The van der Waals surface area contributed by atoms with Gasteiger partial charge in [-0.1, -0.05) is 23.2 Å². The topological polar surface area (TPSA) is 35.2 Å². The fourth-order valence-electron chi connectivity index (χ4n) is 0.774. The Bertz CT molecular complexity index is 252. The van der Waals surface area contributed by atoms with E-state index in [2.05, 4.69) is 0 Å². The van der Waals surface area contributed by atoms with E-state index >= 15 is 0 Å². The van der Waals surface area contributed by atoms with Crippen molar-refractivity contribution >= 4 is 28.9 Å². The molecule has 1 aromatic rings. The molecule has 0 aliphatic heterocycles. The lowest BCUT2D eigenvalue weighted by Crippen LogP contribution is -1.89. The van der Waals surface area contributed by atoms with Gasteiger partial charge in [-0.25, -0.2) is 0 Å².